The lowest BCUT2D eigenvalue weighted by molar-refractivity contribution is 0.384. The van der Waals surface area contributed by atoms with Crippen LogP contribution in [0.1, 0.15) is 5.56 Å². The highest BCUT2D eigenvalue weighted by atomic mass is 35.7. The molecule has 0 bridgehead atoms. The van der Waals surface area contributed by atoms with Crippen molar-refractivity contribution in [3.63, 3.8) is 0 Å². The Morgan fingerprint density at radius 2 is 1.58 bits per heavy atom. The molecule has 0 radical (unpaired) electrons. The van der Waals surface area contributed by atoms with Crippen molar-refractivity contribution in [1.29, 1.82) is 0 Å². The van der Waals surface area contributed by atoms with Crippen molar-refractivity contribution in [3.05, 3.63) is 60.2 Å². The van der Waals surface area contributed by atoms with Gasteiger partial charge in [-0.1, -0.05) is 71.4 Å². The first-order valence-corrected chi connectivity index (χ1v) is 7.59. The first-order valence-electron chi connectivity index (χ1n) is 5.31. The molecule has 0 amide bonds. The van der Waals surface area contributed by atoms with Gasteiger partial charge in [0.15, 0.2) is 5.17 Å². The lowest BCUT2D eigenvalue weighted by Crippen LogP contribution is -1.93. The standard InChI is InChI=1S/C13H9Cl2NO2S/c14-13(16-18-19(15)17)12-8-6-11(7-9-12)10-4-2-1-3-5-10/h1-9H/b16-13-. The van der Waals surface area contributed by atoms with Gasteiger partial charge < -0.3 is 0 Å². The topological polar surface area (TPSA) is 38.7 Å². The number of halogens is 2. The zero-order valence-corrected chi connectivity index (χ0v) is 12.0. The Balaban J connectivity index is 2.19. The summed E-state index contributed by atoms with van der Waals surface area (Å²) in [5.41, 5.74) is 2.83. The summed E-state index contributed by atoms with van der Waals surface area (Å²) in [5, 5.41) is 3.54. The molecule has 0 saturated heterocycles. The van der Waals surface area contributed by atoms with Crippen LogP contribution in [0, 0.1) is 0 Å². The van der Waals surface area contributed by atoms with Gasteiger partial charge in [0.05, 0.1) is 0 Å². The van der Waals surface area contributed by atoms with Gasteiger partial charge in [0.25, 0.3) is 0 Å². The van der Waals surface area contributed by atoms with Crippen molar-refractivity contribution in [3.8, 4) is 11.1 Å². The molecular weight excluding hydrogens is 305 g/mol. The molecular formula is C13H9Cl2NO2S. The summed E-state index contributed by atoms with van der Waals surface area (Å²) in [7, 11) is 3.11. The first-order chi connectivity index (χ1) is 9.16. The Labute approximate surface area is 123 Å². The molecule has 2 rings (SSSR count). The molecule has 0 spiro atoms. The third-order valence-electron chi connectivity index (χ3n) is 2.41. The fraction of sp³-hybridized carbons (Fsp3) is 0. The van der Waals surface area contributed by atoms with Crippen LogP contribution in [0.3, 0.4) is 0 Å². The molecule has 3 nitrogen and oxygen atoms in total. The van der Waals surface area contributed by atoms with Gasteiger partial charge in [0, 0.05) is 16.2 Å². The number of hydrogen-bond donors (Lipinski definition) is 0. The molecule has 0 aliphatic rings. The van der Waals surface area contributed by atoms with Crippen LogP contribution in [-0.4, -0.2) is 9.38 Å². The largest absolute Gasteiger partial charge is 0.330 e. The molecule has 0 N–H and O–H groups in total. The molecule has 2 aromatic carbocycles. The van der Waals surface area contributed by atoms with Crippen LogP contribution in [0.25, 0.3) is 11.1 Å². The van der Waals surface area contributed by atoms with Gasteiger partial charge in [-0.2, -0.15) is 4.21 Å². The molecule has 0 aromatic heterocycles. The van der Waals surface area contributed by atoms with Gasteiger partial charge in [-0.15, -0.1) is 0 Å². The van der Waals surface area contributed by atoms with E-state index < -0.39 is 10.3 Å². The highest BCUT2D eigenvalue weighted by molar-refractivity contribution is 8.04. The number of benzene rings is 2. The van der Waals surface area contributed by atoms with E-state index in [2.05, 4.69) is 9.44 Å². The quantitative estimate of drug-likeness (QED) is 0.484. The van der Waals surface area contributed by atoms with E-state index in [0.29, 0.717) is 5.56 Å². The SMILES string of the molecule is O=S(Cl)O/N=C(\Cl)c1ccc(-c2ccccc2)cc1. The minimum Gasteiger partial charge on any atom is -0.274 e. The van der Waals surface area contributed by atoms with E-state index in [1.807, 2.05) is 42.5 Å². The van der Waals surface area contributed by atoms with E-state index >= 15 is 0 Å². The molecule has 1 atom stereocenters. The summed E-state index contributed by atoms with van der Waals surface area (Å²) in [6.45, 7) is 0. The molecule has 19 heavy (non-hydrogen) atoms. The lowest BCUT2D eigenvalue weighted by atomic mass is 10.0. The third-order valence-corrected chi connectivity index (χ3v) is 3.05. The maximum absolute atomic E-state index is 10.5. The molecule has 1 unspecified atom stereocenters. The van der Waals surface area contributed by atoms with E-state index in [4.69, 9.17) is 22.3 Å². The first kappa shape index (κ1) is 14.1. The second-order valence-corrected chi connectivity index (χ2v) is 5.25. The molecule has 0 aliphatic heterocycles. The van der Waals surface area contributed by atoms with Gasteiger partial charge in [-0.05, 0) is 11.1 Å². The monoisotopic (exact) mass is 313 g/mol. The van der Waals surface area contributed by atoms with E-state index in [1.165, 1.54) is 0 Å². The second-order valence-electron chi connectivity index (χ2n) is 3.59. The van der Waals surface area contributed by atoms with Crippen LogP contribution in [0.4, 0.5) is 0 Å². The van der Waals surface area contributed by atoms with E-state index in [0.717, 1.165) is 11.1 Å². The lowest BCUT2D eigenvalue weighted by Gasteiger charge is -2.02. The number of nitrogens with zero attached hydrogens (tertiary/aromatic N) is 1. The molecule has 0 heterocycles. The number of hydrogen-bond acceptors (Lipinski definition) is 3. The molecule has 0 aliphatic carbocycles. The Kier molecular flexibility index (Phi) is 4.96. The number of rotatable bonds is 4. The van der Waals surface area contributed by atoms with Crippen LogP contribution in [0.2, 0.25) is 0 Å². The van der Waals surface area contributed by atoms with Crippen molar-refractivity contribution in [2.24, 2.45) is 5.16 Å². The number of oxime groups is 1. The van der Waals surface area contributed by atoms with Crippen LogP contribution in [-0.2, 0) is 14.6 Å². The highest BCUT2D eigenvalue weighted by Gasteiger charge is 2.03. The van der Waals surface area contributed by atoms with Crippen molar-refractivity contribution in [2.45, 2.75) is 0 Å². The van der Waals surface area contributed by atoms with Gasteiger partial charge in [-0.25, -0.2) is 0 Å². The van der Waals surface area contributed by atoms with Crippen molar-refractivity contribution in [2.75, 3.05) is 0 Å². The predicted molar refractivity (Wildman–Crippen MR) is 79.3 cm³/mol. The maximum Gasteiger partial charge on any atom is 0.330 e. The Hall–Kier alpha value is -1.36. The third kappa shape index (κ3) is 4.06. The smallest absolute Gasteiger partial charge is 0.274 e. The van der Waals surface area contributed by atoms with Crippen molar-refractivity contribution in [1.82, 2.24) is 0 Å². The van der Waals surface area contributed by atoms with E-state index in [9.17, 15) is 4.21 Å². The average molecular weight is 314 g/mol. The minimum atomic E-state index is -1.99. The molecule has 6 heteroatoms. The Morgan fingerprint density at radius 3 is 2.16 bits per heavy atom. The summed E-state index contributed by atoms with van der Waals surface area (Å²) >= 11 is 5.88. The second kappa shape index (κ2) is 6.70. The molecule has 98 valence electrons. The van der Waals surface area contributed by atoms with Crippen LogP contribution >= 0.6 is 22.3 Å². The normalized spacial score (nSPS) is 13.1. The maximum atomic E-state index is 10.5. The summed E-state index contributed by atoms with van der Waals surface area (Å²) < 4.78 is 14.9. The summed E-state index contributed by atoms with van der Waals surface area (Å²) in [6, 6.07) is 17.4. The molecule has 2 aromatic rings. The van der Waals surface area contributed by atoms with E-state index in [-0.39, 0.29) is 5.17 Å². The van der Waals surface area contributed by atoms with Crippen molar-refractivity contribution >= 4 is 37.7 Å². The molecule has 0 saturated carbocycles. The van der Waals surface area contributed by atoms with Crippen LogP contribution < -0.4 is 0 Å². The van der Waals surface area contributed by atoms with Gasteiger partial charge in [0.1, 0.15) is 0 Å². The van der Waals surface area contributed by atoms with Gasteiger partial charge in [-0.3, -0.25) is 4.28 Å². The van der Waals surface area contributed by atoms with Crippen LogP contribution in [0.15, 0.2) is 59.8 Å². The fourth-order valence-corrected chi connectivity index (χ4v) is 1.96. The Morgan fingerprint density at radius 1 is 1.00 bits per heavy atom. The van der Waals surface area contributed by atoms with Gasteiger partial charge in [0.2, 0.25) is 0 Å². The molecule has 0 fully saturated rings. The summed E-state index contributed by atoms with van der Waals surface area (Å²) in [5.74, 6) is 0. The fourth-order valence-electron chi connectivity index (χ4n) is 1.55. The zero-order valence-electron chi connectivity index (χ0n) is 9.62. The predicted octanol–water partition coefficient (Wildman–Crippen LogP) is 4.09. The Bertz CT molecular complexity index is 600. The van der Waals surface area contributed by atoms with Crippen LogP contribution in [0.5, 0.6) is 0 Å². The summed E-state index contributed by atoms with van der Waals surface area (Å²) in [6.07, 6.45) is 0. The van der Waals surface area contributed by atoms with E-state index in [1.54, 1.807) is 12.1 Å². The van der Waals surface area contributed by atoms with Gasteiger partial charge >= 0.3 is 10.3 Å². The summed E-state index contributed by atoms with van der Waals surface area (Å²) in [4.78, 5) is 0. The highest BCUT2D eigenvalue weighted by Crippen LogP contribution is 2.20. The minimum absolute atomic E-state index is 0.0913. The average Bonchev–Trinajstić information content (AvgIpc) is 2.46. The zero-order chi connectivity index (χ0) is 13.7. The van der Waals surface area contributed by atoms with Crippen molar-refractivity contribution < 1.29 is 8.49 Å².